The van der Waals surface area contributed by atoms with Crippen LogP contribution in [0, 0.1) is 0 Å². The number of thiophene rings is 1. The molecule has 6 aromatic carbocycles. The van der Waals surface area contributed by atoms with Gasteiger partial charge in [0.15, 0.2) is 5.82 Å². The molecule has 1 aliphatic rings. The average Bonchev–Trinajstić information content (AvgIpc) is 3.75. The van der Waals surface area contributed by atoms with E-state index in [1.165, 1.54) is 64.0 Å². The summed E-state index contributed by atoms with van der Waals surface area (Å²) < 4.78 is 4.94. The highest BCUT2D eigenvalue weighted by Gasteiger charge is 2.34. The number of nitrogens with zero attached hydrogens (tertiary/aromatic N) is 3. The topological polar surface area (TPSA) is 30.7 Å². The van der Waals surface area contributed by atoms with Gasteiger partial charge in [-0.1, -0.05) is 124 Å². The summed E-state index contributed by atoms with van der Waals surface area (Å²) in [5.74, 6) is 0.870. The highest BCUT2D eigenvalue weighted by Crippen LogP contribution is 2.47. The van der Waals surface area contributed by atoms with Gasteiger partial charge in [0.1, 0.15) is 0 Å². The molecular formula is C46H33N3S. The van der Waals surface area contributed by atoms with E-state index in [-0.39, 0.29) is 5.41 Å². The minimum absolute atomic E-state index is 0.102. The van der Waals surface area contributed by atoms with Crippen LogP contribution in [0.3, 0.4) is 0 Å². The standard InChI is InChI=1S/C46H33N3S/c1-4-35-30(31-16-7-9-19-36(31)46(35,2)3)18-13-22-39-45(48-38-21-11-10-20-37(38)47-39)49-40-25-24-28-14-5-6-15-29(28)44(40)34-26-33-32-17-8-12-23-42(32)50-43(33)27-41(34)49/h4-21,23-27H,1,22H2,2-3H3/b18-13-. The van der Waals surface area contributed by atoms with E-state index in [1.807, 2.05) is 29.5 Å². The first-order chi connectivity index (χ1) is 24.5. The maximum absolute atomic E-state index is 5.40. The molecule has 3 heterocycles. The Morgan fingerprint density at radius 2 is 1.44 bits per heavy atom. The van der Waals surface area contributed by atoms with Crippen molar-refractivity contribution < 1.29 is 0 Å². The number of aromatic nitrogens is 3. The number of benzene rings is 6. The molecule has 0 spiro atoms. The third kappa shape index (κ3) is 4.15. The van der Waals surface area contributed by atoms with Crippen molar-refractivity contribution in [2.24, 2.45) is 0 Å². The molecule has 0 N–H and O–H groups in total. The van der Waals surface area contributed by atoms with E-state index in [2.05, 4.69) is 146 Å². The Balaban J connectivity index is 1.24. The summed E-state index contributed by atoms with van der Waals surface area (Å²) in [6.07, 6.45) is 7.18. The number of hydrogen-bond acceptors (Lipinski definition) is 3. The minimum Gasteiger partial charge on any atom is -0.292 e. The molecule has 0 saturated heterocycles. The molecular weight excluding hydrogens is 627 g/mol. The number of allylic oxidation sites excluding steroid dienone is 5. The molecule has 0 aliphatic heterocycles. The summed E-state index contributed by atoms with van der Waals surface area (Å²) in [6.45, 7) is 8.79. The fourth-order valence-electron chi connectivity index (χ4n) is 8.30. The second-order valence-electron chi connectivity index (χ2n) is 13.8. The molecule has 3 aromatic heterocycles. The van der Waals surface area contributed by atoms with E-state index in [1.54, 1.807) is 0 Å². The lowest BCUT2D eigenvalue weighted by Gasteiger charge is -2.22. The number of hydrogen-bond donors (Lipinski definition) is 0. The van der Waals surface area contributed by atoms with Gasteiger partial charge in [-0.3, -0.25) is 4.57 Å². The molecule has 0 fully saturated rings. The van der Waals surface area contributed by atoms with Gasteiger partial charge >= 0.3 is 0 Å². The van der Waals surface area contributed by atoms with Gasteiger partial charge in [-0.15, -0.1) is 11.3 Å². The van der Waals surface area contributed by atoms with Gasteiger partial charge in [-0.25, -0.2) is 9.97 Å². The Bertz CT molecular complexity index is 2950. The van der Waals surface area contributed by atoms with Gasteiger partial charge in [0.2, 0.25) is 0 Å². The number of rotatable bonds is 5. The van der Waals surface area contributed by atoms with Crippen LogP contribution in [0.5, 0.6) is 0 Å². The Morgan fingerprint density at radius 3 is 2.30 bits per heavy atom. The van der Waals surface area contributed by atoms with Crippen molar-refractivity contribution in [3.8, 4) is 5.82 Å². The van der Waals surface area contributed by atoms with Crippen LogP contribution >= 0.6 is 11.3 Å². The fraction of sp³-hybridized carbons (Fsp3) is 0.0870. The van der Waals surface area contributed by atoms with Crippen LogP contribution in [0.25, 0.3) is 75.2 Å². The Morgan fingerprint density at radius 1 is 0.700 bits per heavy atom. The summed E-state index contributed by atoms with van der Waals surface area (Å²) in [5.41, 5.74) is 10.00. The molecule has 50 heavy (non-hydrogen) atoms. The van der Waals surface area contributed by atoms with Gasteiger partial charge in [-0.05, 0) is 69.4 Å². The lowest BCUT2D eigenvalue weighted by molar-refractivity contribution is 0.654. The van der Waals surface area contributed by atoms with Gasteiger partial charge in [0, 0.05) is 42.8 Å². The molecule has 238 valence electrons. The Kier molecular flexibility index (Phi) is 6.31. The zero-order valence-electron chi connectivity index (χ0n) is 27.9. The molecule has 0 atom stereocenters. The van der Waals surface area contributed by atoms with Gasteiger partial charge in [0.25, 0.3) is 0 Å². The van der Waals surface area contributed by atoms with Crippen molar-refractivity contribution in [1.29, 1.82) is 0 Å². The summed E-state index contributed by atoms with van der Waals surface area (Å²) in [7, 11) is 0. The molecule has 3 nitrogen and oxygen atoms in total. The first-order valence-electron chi connectivity index (χ1n) is 17.2. The van der Waals surface area contributed by atoms with Gasteiger partial charge in [-0.2, -0.15) is 0 Å². The highest BCUT2D eigenvalue weighted by molar-refractivity contribution is 7.25. The largest absolute Gasteiger partial charge is 0.292 e. The normalized spacial score (nSPS) is 14.4. The van der Waals surface area contributed by atoms with Crippen molar-refractivity contribution in [2.45, 2.75) is 25.7 Å². The van der Waals surface area contributed by atoms with E-state index in [4.69, 9.17) is 9.97 Å². The van der Waals surface area contributed by atoms with Crippen molar-refractivity contribution >= 4 is 80.7 Å². The molecule has 10 rings (SSSR count). The summed E-state index contributed by atoms with van der Waals surface area (Å²) in [5, 5.41) is 7.55. The molecule has 1 aliphatic carbocycles. The van der Waals surface area contributed by atoms with E-state index >= 15 is 0 Å². The zero-order valence-corrected chi connectivity index (χ0v) is 28.8. The van der Waals surface area contributed by atoms with Crippen molar-refractivity contribution in [3.05, 3.63) is 169 Å². The van der Waals surface area contributed by atoms with Crippen LogP contribution in [0.15, 0.2) is 152 Å². The lowest BCUT2D eigenvalue weighted by Crippen LogP contribution is -2.15. The SMILES string of the molecule is C=CC1=C(/C=C\Cc2nc3ccccc3nc2-n2c3cc4sc5ccccc5c4cc3c3c4ccccc4ccc32)c2ccccc2C1(C)C. The quantitative estimate of drug-likeness (QED) is 0.184. The van der Waals surface area contributed by atoms with Crippen LogP contribution in [-0.2, 0) is 11.8 Å². The molecule has 0 radical (unpaired) electrons. The molecule has 9 aromatic rings. The summed E-state index contributed by atoms with van der Waals surface area (Å²) in [6, 6.07) is 43.7. The molecule has 4 heteroatoms. The Labute approximate surface area is 294 Å². The predicted molar refractivity (Wildman–Crippen MR) is 214 cm³/mol. The monoisotopic (exact) mass is 659 g/mol. The Hall–Kier alpha value is -5.84. The van der Waals surface area contributed by atoms with Gasteiger partial charge in [0.05, 0.1) is 27.8 Å². The third-order valence-electron chi connectivity index (χ3n) is 10.6. The van der Waals surface area contributed by atoms with E-state index in [9.17, 15) is 0 Å². The van der Waals surface area contributed by atoms with E-state index in [0.717, 1.165) is 33.6 Å². The van der Waals surface area contributed by atoms with E-state index < -0.39 is 0 Å². The van der Waals surface area contributed by atoms with Crippen LogP contribution in [0.4, 0.5) is 0 Å². The first-order valence-corrected chi connectivity index (χ1v) is 18.0. The second kappa shape index (κ2) is 10.8. The first kappa shape index (κ1) is 29.1. The maximum atomic E-state index is 5.40. The summed E-state index contributed by atoms with van der Waals surface area (Å²) in [4.78, 5) is 10.7. The highest BCUT2D eigenvalue weighted by atomic mass is 32.1. The third-order valence-corrected chi connectivity index (χ3v) is 11.8. The molecule has 0 unspecified atom stereocenters. The maximum Gasteiger partial charge on any atom is 0.160 e. The molecule has 0 amide bonds. The van der Waals surface area contributed by atoms with Crippen molar-refractivity contribution in [3.63, 3.8) is 0 Å². The van der Waals surface area contributed by atoms with Crippen molar-refractivity contribution in [2.75, 3.05) is 0 Å². The smallest absolute Gasteiger partial charge is 0.160 e. The second-order valence-corrected chi connectivity index (χ2v) is 14.9. The number of para-hydroxylation sites is 2. The van der Waals surface area contributed by atoms with E-state index in [0.29, 0.717) is 6.42 Å². The van der Waals surface area contributed by atoms with Crippen molar-refractivity contribution in [1.82, 2.24) is 14.5 Å². The molecule has 0 saturated carbocycles. The number of fused-ring (bicyclic) bond motifs is 10. The van der Waals surface area contributed by atoms with Gasteiger partial charge < -0.3 is 0 Å². The van der Waals surface area contributed by atoms with Crippen LogP contribution in [-0.4, -0.2) is 14.5 Å². The van der Waals surface area contributed by atoms with Crippen LogP contribution in [0.2, 0.25) is 0 Å². The lowest BCUT2D eigenvalue weighted by atomic mass is 9.81. The van der Waals surface area contributed by atoms with Crippen LogP contribution < -0.4 is 0 Å². The average molecular weight is 660 g/mol. The minimum atomic E-state index is -0.102. The predicted octanol–water partition coefficient (Wildman–Crippen LogP) is 12.3. The summed E-state index contributed by atoms with van der Waals surface area (Å²) >= 11 is 1.85. The van der Waals surface area contributed by atoms with Crippen LogP contribution in [0.1, 0.15) is 30.7 Å². The molecule has 0 bridgehead atoms. The zero-order chi connectivity index (χ0) is 33.6. The fourth-order valence-corrected chi connectivity index (χ4v) is 9.42.